The Labute approximate surface area is 111 Å². The van der Waals surface area contributed by atoms with E-state index in [1.165, 1.54) is 50.5 Å². The minimum atomic E-state index is 0.336. The van der Waals surface area contributed by atoms with Gasteiger partial charge in [0.15, 0.2) is 0 Å². The van der Waals surface area contributed by atoms with Crippen molar-refractivity contribution in [2.45, 2.75) is 70.8 Å². The fraction of sp³-hybridized carbons (Fsp3) is 0.812. The van der Waals surface area contributed by atoms with Gasteiger partial charge < -0.3 is 4.90 Å². The van der Waals surface area contributed by atoms with Gasteiger partial charge in [0.2, 0.25) is 5.91 Å². The molecule has 1 amide bonds. The Hall–Kier alpha value is -0.790. The lowest BCUT2D eigenvalue weighted by atomic mass is 9.86. The second-order valence-electron chi connectivity index (χ2n) is 6.20. The highest BCUT2D eigenvalue weighted by Gasteiger charge is 2.25. The molecular weight excluding hydrogens is 222 g/mol. The summed E-state index contributed by atoms with van der Waals surface area (Å²) in [5.74, 6) is 1.19. The second kappa shape index (κ2) is 6.40. The van der Waals surface area contributed by atoms with Gasteiger partial charge in [-0.15, -0.1) is 0 Å². The topological polar surface area (TPSA) is 20.3 Å². The predicted octanol–water partition coefficient (Wildman–Crippen LogP) is 3.91. The standard InChI is InChI=1S/C16H27NO/c1-13-8-10-15(11-9-13)17(2)16(18)12-14-6-4-3-5-7-14/h6,13,15H,3-5,7-12H2,1-2H3. The molecule has 2 aliphatic rings. The molecule has 18 heavy (non-hydrogen) atoms. The maximum absolute atomic E-state index is 12.3. The summed E-state index contributed by atoms with van der Waals surface area (Å²) in [6.45, 7) is 2.32. The molecule has 1 saturated carbocycles. The minimum absolute atomic E-state index is 0.336. The molecule has 102 valence electrons. The fourth-order valence-electron chi connectivity index (χ4n) is 3.22. The summed E-state index contributed by atoms with van der Waals surface area (Å²) < 4.78 is 0. The summed E-state index contributed by atoms with van der Waals surface area (Å²) in [6, 6.07) is 0.498. The molecular formula is C16H27NO. The molecule has 0 aromatic rings. The van der Waals surface area contributed by atoms with Crippen molar-refractivity contribution in [2.75, 3.05) is 7.05 Å². The molecule has 0 heterocycles. The van der Waals surface area contributed by atoms with Crippen LogP contribution in [0, 0.1) is 5.92 Å². The van der Waals surface area contributed by atoms with Gasteiger partial charge in [-0.05, 0) is 57.3 Å². The maximum atomic E-state index is 12.3. The van der Waals surface area contributed by atoms with Crippen molar-refractivity contribution in [1.82, 2.24) is 4.90 Å². The summed E-state index contributed by atoms with van der Waals surface area (Å²) in [7, 11) is 2.01. The monoisotopic (exact) mass is 249 g/mol. The van der Waals surface area contributed by atoms with Crippen LogP contribution >= 0.6 is 0 Å². The van der Waals surface area contributed by atoms with E-state index >= 15 is 0 Å². The molecule has 0 N–H and O–H groups in total. The highest BCUT2D eigenvalue weighted by atomic mass is 16.2. The van der Waals surface area contributed by atoms with E-state index in [1.54, 1.807) is 0 Å². The van der Waals surface area contributed by atoms with Gasteiger partial charge in [-0.1, -0.05) is 18.6 Å². The molecule has 0 unspecified atom stereocenters. The van der Waals surface area contributed by atoms with Crippen LogP contribution in [0.25, 0.3) is 0 Å². The Balaban J connectivity index is 1.82. The average Bonchev–Trinajstić information content (AvgIpc) is 2.40. The van der Waals surface area contributed by atoms with Crippen molar-refractivity contribution in [2.24, 2.45) is 5.92 Å². The summed E-state index contributed by atoms with van der Waals surface area (Å²) in [5, 5.41) is 0. The van der Waals surface area contributed by atoms with Crippen LogP contribution < -0.4 is 0 Å². The number of allylic oxidation sites excluding steroid dienone is 1. The molecule has 0 aromatic carbocycles. The first-order valence-electron chi connectivity index (χ1n) is 7.60. The summed E-state index contributed by atoms with van der Waals surface area (Å²) in [6.07, 6.45) is 12.8. The van der Waals surface area contributed by atoms with E-state index in [-0.39, 0.29) is 0 Å². The Morgan fingerprint density at radius 3 is 2.61 bits per heavy atom. The number of amides is 1. The highest BCUT2D eigenvalue weighted by molar-refractivity contribution is 5.78. The zero-order chi connectivity index (χ0) is 13.0. The first-order valence-corrected chi connectivity index (χ1v) is 7.60. The van der Waals surface area contributed by atoms with Gasteiger partial charge in [0.25, 0.3) is 0 Å². The molecule has 0 spiro atoms. The Kier molecular flexibility index (Phi) is 4.85. The van der Waals surface area contributed by atoms with E-state index in [0.29, 0.717) is 18.4 Å². The summed E-state index contributed by atoms with van der Waals surface area (Å²) >= 11 is 0. The third-order valence-electron chi connectivity index (χ3n) is 4.69. The second-order valence-corrected chi connectivity index (χ2v) is 6.20. The van der Waals surface area contributed by atoms with Gasteiger partial charge in [0.1, 0.15) is 0 Å². The molecule has 2 aliphatic carbocycles. The Morgan fingerprint density at radius 2 is 2.00 bits per heavy atom. The van der Waals surface area contributed by atoms with E-state index in [9.17, 15) is 4.79 Å². The van der Waals surface area contributed by atoms with Crippen LogP contribution in [-0.2, 0) is 4.79 Å². The summed E-state index contributed by atoms with van der Waals surface area (Å²) in [5.41, 5.74) is 1.38. The van der Waals surface area contributed by atoms with Crippen molar-refractivity contribution in [3.05, 3.63) is 11.6 Å². The van der Waals surface area contributed by atoms with Crippen molar-refractivity contribution < 1.29 is 4.79 Å². The molecule has 0 bridgehead atoms. The zero-order valence-electron chi connectivity index (χ0n) is 12.0. The number of carbonyl (C=O) groups excluding carboxylic acids is 1. The first kappa shape index (κ1) is 13.6. The molecule has 0 atom stereocenters. The number of hydrogen-bond donors (Lipinski definition) is 0. The lowest BCUT2D eigenvalue weighted by molar-refractivity contribution is -0.132. The van der Waals surface area contributed by atoms with Crippen LogP contribution in [-0.4, -0.2) is 23.9 Å². The molecule has 0 aliphatic heterocycles. The number of carbonyl (C=O) groups is 1. The van der Waals surface area contributed by atoms with Crippen LogP contribution in [0.3, 0.4) is 0 Å². The van der Waals surface area contributed by atoms with E-state index in [0.717, 1.165) is 12.3 Å². The third-order valence-corrected chi connectivity index (χ3v) is 4.69. The molecule has 0 saturated heterocycles. The van der Waals surface area contributed by atoms with Gasteiger partial charge in [-0.3, -0.25) is 4.79 Å². The van der Waals surface area contributed by atoms with E-state index in [1.807, 2.05) is 11.9 Å². The first-order chi connectivity index (χ1) is 8.66. The summed E-state index contributed by atoms with van der Waals surface area (Å²) in [4.78, 5) is 14.3. The van der Waals surface area contributed by atoms with Crippen LogP contribution in [0.1, 0.15) is 64.7 Å². The Morgan fingerprint density at radius 1 is 1.28 bits per heavy atom. The van der Waals surface area contributed by atoms with Crippen LogP contribution in [0.5, 0.6) is 0 Å². The van der Waals surface area contributed by atoms with Crippen molar-refractivity contribution in [3.8, 4) is 0 Å². The fourth-order valence-corrected chi connectivity index (χ4v) is 3.22. The van der Waals surface area contributed by atoms with Gasteiger partial charge >= 0.3 is 0 Å². The predicted molar refractivity (Wildman–Crippen MR) is 75.4 cm³/mol. The Bertz CT molecular complexity index is 313. The quantitative estimate of drug-likeness (QED) is 0.694. The van der Waals surface area contributed by atoms with Gasteiger partial charge in [0.05, 0.1) is 0 Å². The maximum Gasteiger partial charge on any atom is 0.226 e. The lowest BCUT2D eigenvalue weighted by Crippen LogP contribution is -2.39. The molecule has 2 rings (SSSR count). The number of hydrogen-bond acceptors (Lipinski definition) is 1. The third kappa shape index (κ3) is 3.60. The van der Waals surface area contributed by atoms with Crippen LogP contribution in [0.15, 0.2) is 11.6 Å². The van der Waals surface area contributed by atoms with Crippen LogP contribution in [0.2, 0.25) is 0 Å². The largest absolute Gasteiger partial charge is 0.343 e. The lowest BCUT2D eigenvalue weighted by Gasteiger charge is -2.34. The van der Waals surface area contributed by atoms with E-state index in [4.69, 9.17) is 0 Å². The zero-order valence-corrected chi connectivity index (χ0v) is 12.0. The van der Waals surface area contributed by atoms with Crippen LogP contribution in [0.4, 0.5) is 0 Å². The van der Waals surface area contributed by atoms with Crippen molar-refractivity contribution >= 4 is 5.91 Å². The smallest absolute Gasteiger partial charge is 0.226 e. The molecule has 2 heteroatoms. The van der Waals surface area contributed by atoms with Gasteiger partial charge in [-0.2, -0.15) is 0 Å². The normalized spacial score (nSPS) is 28.7. The minimum Gasteiger partial charge on any atom is -0.343 e. The van der Waals surface area contributed by atoms with Crippen molar-refractivity contribution in [1.29, 1.82) is 0 Å². The van der Waals surface area contributed by atoms with E-state index < -0.39 is 0 Å². The average molecular weight is 249 g/mol. The molecule has 2 nitrogen and oxygen atoms in total. The van der Waals surface area contributed by atoms with Crippen molar-refractivity contribution in [3.63, 3.8) is 0 Å². The molecule has 0 radical (unpaired) electrons. The SMILES string of the molecule is CC1CCC(N(C)C(=O)CC2=CCCCC2)CC1. The van der Waals surface area contributed by atoms with E-state index in [2.05, 4.69) is 13.0 Å². The van der Waals surface area contributed by atoms with Gasteiger partial charge in [0, 0.05) is 19.5 Å². The number of nitrogens with zero attached hydrogens (tertiary/aromatic N) is 1. The molecule has 0 aromatic heterocycles. The highest BCUT2D eigenvalue weighted by Crippen LogP contribution is 2.28. The van der Waals surface area contributed by atoms with Gasteiger partial charge in [-0.25, -0.2) is 0 Å². The molecule has 1 fully saturated rings. The number of rotatable bonds is 3.